The molecule has 0 radical (unpaired) electrons. The molecule has 1 fully saturated rings. The van der Waals surface area contributed by atoms with E-state index in [1.807, 2.05) is 30.3 Å². The molecule has 1 aliphatic rings. The van der Waals surface area contributed by atoms with Crippen LogP contribution in [0.4, 0.5) is 5.82 Å². The lowest BCUT2D eigenvalue weighted by Crippen LogP contribution is -2.20. The highest BCUT2D eigenvalue weighted by molar-refractivity contribution is 5.69. The van der Waals surface area contributed by atoms with Gasteiger partial charge in [-0.25, -0.2) is 4.68 Å². The first kappa shape index (κ1) is 13.0. The van der Waals surface area contributed by atoms with Crippen molar-refractivity contribution < 1.29 is 9.84 Å². The van der Waals surface area contributed by atoms with E-state index < -0.39 is 0 Å². The second-order valence-corrected chi connectivity index (χ2v) is 5.16. The molecule has 5 nitrogen and oxygen atoms in total. The fraction of sp³-hybridized carbons (Fsp3) is 0.400. The van der Waals surface area contributed by atoms with E-state index in [0.29, 0.717) is 5.82 Å². The van der Waals surface area contributed by atoms with Crippen LogP contribution in [0.1, 0.15) is 25.3 Å². The van der Waals surface area contributed by atoms with E-state index in [9.17, 15) is 5.11 Å². The fourth-order valence-corrected chi connectivity index (χ4v) is 2.87. The van der Waals surface area contributed by atoms with Crippen LogP contribution in [0.25, 0.3) is 11.3 Å². The lowest BCUT2D eigenvalue weighted by Gasteiger charge is -2.16. The largest absolute Gasteiger partial charge is 0.496 e. The third-order valence-corrected chi connectivity index (χ3v) is 3.91. The first-order valence-electron chi connectivity index (χ1n) is 6.87. The summed E-state index contributed by atoms with van der Waals surface area (Å²) in [6, 6.07) is 9.54. The Morgan fingerprint density at radius 1 is 1.35 bits per heavy atom. The van der Waals surface area contributed by atoms with Gasteiger partial charge >= 0.3 is 0 Å². The van der Waals surface area contributed by atoms with E-state index >= 15 is 0 Å². The average Bonchev–Trinajstić information content (AvgIpc) is 3.04. The van der Waals surface area contributed by atoms with Gasteiger partial charge < -0.3 is 15.6 Å². The minimum absolute atomic E-state index is 0.0153. The lowest BCUT2D eigenvalue weighted by molar-refractivity contribution is 0.131. The monoisotopic (exact) mass is 273 g/mol. The number of hydrogen-bond acceptors (Lipinski definition) is 4. The van der Waals surface area contributed by atoms with E-state index in [2.05, 4.69) is 5.10 Å². The van der Waals surface area contributed by atoms with Gasteiger partial charge in [-0.1, -0.05) is 12.1 Å². The Morgan fingerprint density at radius 2 is 2.15 bits per heavy atom. The molecule has 3 N–H and O–H groups in total. The van der Waals surface area contributed by atoms with Crippen molar-refractivity contribution in [3.05, 3.63) is 30.3 Å². The van der Waals surface area contributed by atoms with Gasteiger partial charge in [0, 0.05) is 11.6 Å². The molecule has 0 spiro atoms. The zero-order valence-corrected chi connectivity index (χ0v) is 11.5. The highest BCUT2D eigenvalue weighted by atomic mass is 16.5. The van der Waals surface area contributed by atoms with Gasteiger partial charge in [0.15, 0.2) is 0 Å². The van der Waals surface area contributed by atoms with Crippen molar-refractivity contribution in [3.8, 4) is 17.0 Å². The number of nitrogens with zero attached hydrogens (tertiary/aromatic N) is 2. The first-order valence-corrected chi connectivity index (χ1v) is 6.87. The van der Waals surface area contributed by atoms with E-state index in [4.69, 9.17) is 10.5 Å². The summed E-state index contributed by atoms with van der Waals surface area (Å²) >= 11 is 0. The van der Waals surface area contributed by atoms with Crippen LogP contribution in [0.3, 0.4) is 0 Å². The molecule has 1 saturated carbocycles. The number of benzene rings is 1. The van der Waals surface area contributed by atoms with Crippen LogP contribution in [-0.4, -0.2) is 28.1 Å². The zero-order chi connectivity index (χ0) is 14.1. The van der Waals surface area contributed by atoms with E-state index in [1.165, 1.54) is 0 Å². The van der Waals surface area contributed by atoms with E-state index in [-0.39, 0.29) is 12.1 Å². The normalized spacial score (nSPS) is 22.1. The Balaban J connectivity index is 2.00. The first-order chi connectivity index (χ1) is 9.70. The van der Waals surface area contributed by atoms with Gasteiger partial charge in [0.1, 0.15) is 11.6 Å². The number of nitrogens with two attached hydrogens (primary N) is 1. The number of nitrogen functional groups attached to an aromatic ring is 1. The molecule has 2 unspecified atom stereocenters. The highest BCUT2D eigenvalue weighted by Gasteiger charge is 2.29. The molecule has 1 aromatic heterocycles. The molecule has 0 bridgehead atoms. The topological polar surface area (TPSA) is 73.3 Å². The van der Waals surface area contributed by atoms with Crippen LogP contribution < -0.4 is 10.5 Å². The molecule has 0 saturated heterocycles. The molecular weight excluding hydrogens is 254 g/mol. The van der Waals surface area contributed by atoms with Gasteiger partial charge in [-0.3, -0.25) is 0 Å². The van der Waals surface area contributed by atoms with E-state index in [1.54, 1.807) is 11.8 Å². The summed E-state index contributed by atoms with van der Waals surface area (Å²) < 4.78 is 7.11. The number of hydrogen-bond donors (Lipinski definition) is 2. The van der Waals surface area contributed by atoms with Gasteiger partial charge in [-0.2, -0.15) is 5.10 Å². The summed E-state index contributed by atoms with van der Waals surface area (Å²) in [5.41, 5.74) is 7.75. The summed E-state index contributed by atoms with van der Waals surface area (Å²) in [6.45, 7) is 0. The molecule has 1 aliphatic carbocycles. The Hall–Kier alpha value is -2.01. The van der Waals surface area contributed by atoms with E-state index in [0.717, 1.165) is 36.3 Å². The molecule has 106 valence electrons. The summed E-state index contributed by atoms with van der Waals surface area (Å²) in [4.78, 5) is 0. The van der Waals surface area contributed by atoms with Gasteiger partial charge in [0.25, 0.3) is 0 Å². The number of anilines is 1. The van der Waals surface area contributed by atoms with Gasteiger partial charge in [0.05, 0.1) is 24.9 Å². The molecule has 0 aliphatic heterocycles. The predicted molar refractivity (Wildman–Crippen MR) is 77.5 cm³/mol. The van der Waals surface area contributed by atoms with Crippen molar-refractivity contribution in [1.82, 2.24) is 9.78 Å². The minimum atomic E-state index is -0.359. The zero-order valence-electron chi connectivity index (χ0n) is 11.5. The standard InChI is InChI=1S/C15H19N3O2/c1-20-14-8-3-2-5-10(14)11-9-15(16)18(17-11)12-6-4-7-13(12)19/h2-3,5,8-9,12-13,19H,4,6-7,16H2,1H3. The molecule has 1 aromatic carbocycles. The van der Waals surface area contributed by atoms with Crippen molar-refractivity contribution in [2.45, 2.75) is 31.4 Å². The third-order valence-electron chi connectivity index (χ3n) is 3.91. The SMILES string of the molecule is COc1ccccc1-c1cc(N)n(C2CCCC2O)n1. The maximum atomic E-state index is 10.0. The van der Waals surface area contributed by atoms with Crippen LogP contribution >= 0.6 is 0 Å². The molecule has 20 heavy (non-hydrogen) atoms. The summed E-state index contributed by atoms with van der Waals surface area (Å²) in [7, 11) is 1.64. The van der Waals surface area contributed by atoms with Gasteiger partial charge in [-0.15, -0.1) is 0 Å². The number of aliphatic hydroxyl groups excluding tert-OH is 1. The summed E-state index contributed by atoms with van der Waals surface area (Å²) in [5, 5.41) is 14.6. The quantitative estimate of drug-likeness (QED) is 0.899. The van der Waals surface area contributed by atoms with Crippen LogP contribution in [0.15, 0.2) is 30.3 Å². The second kappa shape index (κ2) is 5.17. The van der Waals surface area contributed by atoms with Crippen LogP contribution in [0.2, 0.25) is 0 Å². The fourth-order valence-electron chi connectivity index (χ4n) is 2.87. The Bertz CT molecular complexity index is 609. The molecule has 2 atom stereocenters. The Labute approximate surface area is 118 Å². The maximum absolute atomic E-state index is 10.0. The van der Waals surface area contributed by atoms with Crippen molar-refractivity contribution >= 4 is 5.82 Å². The Kier molecular flexibility index (Phi) is 3.36. The predicted octanol–water partition coefficient (Wildman–Crippen LogP) is 2.23. The third kappa shape index (κ3) is 2.14. The number of aromatic nitrogens is 2. The van der Waals surface area contributed by atoms with Crippen molar-refractivity contribution in [3.63, 3.8) is 0 Å². The molecule has 5 heteroatoms. The van der Waals surface area contributed by atoms with Crippen LogP contribution in [0.5, 0.6) is 5.75 Å². The van der Waals surface area contributed by atoms with Gasteiger partial charge in [0.2, 0.25) is 0 Å². The van der Waals surface area contributed by atoms with Gasteiger partial charge in [-0.05, 0) is 31.4 Å². The smallest absolute Gasteiger partial charge is 0.128 e. The number of aliphatic hydroxyl groups is 1. The molecular formula is C15H19N3O2. The number of rotatable bonds is 3. The molecule has 1 heterocycles. The molecule has 3 rings (SSSR count). The van der Waals surface area contributed by atoms with Crippen LogP contribution in [0, 0.1) is 0 Å². The highest BCUT2D eigenvalue weighted by Crippen LogP contribution is 2.35. The van der Waals surface area contributed by atoms with Crippen molar-refractivity contribution in [1.29, 1.82) is 0 Å². The van der Waals surface area contributed by atoms with Crippen molar-refractivity contribution in [2.75, 3.05) is 12.8 Å². The lowest BCUT2D eigenvalue weighted by atomic mass is 10.1. The summed E-state index contributed by atoms with van der Waals surface area (Å²) in [5.74, 6) is 1.35. The number of ether oxygens (including phenoxy) is 1. The summed E-state index contributed by atoms with van der Waals surface area (Å²) in [6.07, 6.45) is 2.38. The average molecular weight is 273 g/mol. The molecule has 2 aromatic rings. The maximum Gasteiger partial charge on any atom is 0.128 e. The number of para-hydroxylation sites is 1. The Morgan fingerprint density at radius 3 is 2.85 bits per heavy atom. The molecule has 0 amide bonds. The van der Waals surface area contributed by atoms with Crippen LogP contribution in [-0.2, 0) is 0 Å². The van der Waals surface area contributed by atoms with Crippen molar-refractivity contribution in [2.24, 2.45) is 0 Å². The second-order valence-electron chi connectivity index (χ2n) is 5.16. The number of methoxy groups -OCH3 is 1. The minimum Gasteiger partial charge on any atom is -0.496 e.